The molecule has 0 aliphatic heterocycles. The van der Waals surface area contributed by atoms with E-state index in [2.05, 4.69) is 10.5 Å². The summed E-state index contributed by atoms with van der Waals surface area (Å²) in [6.07, 6.45) is 0. The Balaban J connectivity index is 3.01. The molecule has 0 fully saturated rings. The number of phenols is 1. The van der Waals surface area contributed by atoms with Gasteiger partial charge in [0.15, 0.2) is 0 Å². The summed E-state index contributed by atoms with van der Waals surface area (Å²) >= 11 is 11.6. The zero-order valence-corrected chi connectivity index (χ0v) is 12.2. The van der Waals surface area contributed by atoms with Crippen LogP contribution >= 0.6 is 23.2 Å². The third kappa shape index (κ3) is 4.09. The number of rotatable bonds is 3. The Kier molecular flexibility index (Phi) is 4.79. The van der Waals surface area contributed by atoms with Crippen LogP contribution < -0.4 is 5.43 Å². The number of nitrogens with zero attached hydrogens (tertiary/aromatic N) is 1. The number of hydrazone groups is 1. The van der Waals surface area contributed by atoms with Gasteiger partial charge in [-0.3, -0.25) is 4.79 Å². The number of phenolic OH excluding ortho intramolecular Hbond substituents is 1. The molecule has 0 unspecified atom stereocenters. The van der Waals surface area contributed by atoms with Gasteiger partial charge in [0.2, 0.25) is 0 Å². The predicted molar refractivity (Wildman–Crippen MR) is 74.8 cm³/mol. The lowest BCUT2D eigenvalue weighted by Gasteiger charge is -2.14. The van der Waals surface area contributed by atoms with Crippen LogP contribution in [-0.4, -0.2) is 27.4 Å². The van der Waals surface area contributed by atoms with Crippen molar-refractivity contribution in [3.05, 3.63) is 27.7 Å². The Labute approximate surface area is 120 Å². The summed E-state index contributed by atoms with van der Waals surface area (Å²) in [5.41, 5.74) is 1.25. The molecule has 7 heteroatoms. The molecule has 0 aliphatic rings. The third-order valence-corrected chi connectivity index (χ3v) is 2.81. The van der Waals surface area contributed by atoms with Gasteiger partial charge in [-0.2, -0.15) is 5.10 Å². The van der Waals surface area contributed by atoms with Crippen molar-refractivity contribution in [2.24, 2.45) is 5.10 Å². The van der Waals surface area contributed by atoms with Gasteiger partial charge in [0.05, 0.1) is 10.7 Å². The summed E-state index contributed by atoms with van der Waals surface area (Å²) in [6.45, 7) is 4.23. The number of carbonyl (C=O) groups is 1. The number of nitrogens with one attached hydrogen (secondary N) is 1. The van der Waals surface area contributed by atoms with Crippen molar-refractivity contribution in [2.45, 2.75) is 26.4 Å². The van der Waals surface area contributed by atoms with E-state index >= 15 is 0 Å². The number of carbonyl (C=O) groups excluding carboxylic acids is 1. The topological polar surface area (TPSA) is 81.9 Å². The second-order valence-corrected chi connectivity index (χ2v) is 5.32. The lowest BCUT2D eigenvalue weighted by molar-refractivity contribution is -0.136. The summed E-state index contributed by atoms with van der Waals surface area (Å²) in [5.74, 6) is -0.843. The first kappa shape index (κ1) is 15.8. The van der Waals surface area contributed by atoms with E-state index in [1.54, 1.807) is 6.92 Å². The minimum atomic E-state index is -1.54. The van der Waals surface area contributed by atoms with Crippen LogP contribution in [0, 0.1) is 0 Å². The average molecular weight is 305 g/mol. The smallest absolute Gasteiger partial charge is 0.271 e. The van der Waals surface area contributed by atoms with Crippen LogP contribution in [0.4, 0.5) is 0 Å². The fourth-order valence-electron chi connectivity index (χ4n) is 1.17. The molecule has 3 N–H and O–H groups in total. The Hall–Kier alpha value is -1.30. The maximum atomic E-state index is 11.4. The average Bonchev–Trinajstić information content (AvgIpc) is 2.28. The third-order valence-electron chi connectivity index (χ3n) is 2.30. The predicted octanol–water partition coefficient (Wildman–Crippen LogP) is 2.31. The molecule has 0 aliphatic carbocycles. The first-order chi connectivity index (χ1) is 8.62. The van der Waals surface area contributed by atoms with E-state index in [1.165, 1.54) is 26.0 Å². The summed E-state index contributed by atoms with van der Waals surface area (Å²) in [5, 5.41) is 23.4. The van der Waals surface area contributed by atoms with Crippen molar-refractivity contribution in [1.29, 1.82) is 0 Å². The molecule has 1 rings (SSSR count). The molecule has 1 aromatic carbocycles. The highest BCUT2D eigenvalue weighted by molar-refractivity contribution is 6.36. The highest BCUT2D eigenvalue weighted by Gasteiger charge is 2.23. The Morgan fingerprint density at radius 2 is 1.95 bits per heavy atom. The van der Waals surface area contributed by atoms with Gasteiger partial charge in [-0.15, -0.1) is 0 Å². The first-order valence-corrected chi connectivity index (χ1v) is 6.14. The van der Waals surface area contributed by atoms with Crippen LogP contribution in [0.25, 0.3) is 0 Å². The van der Waals surface area contributed by atoms with Gasteiger partial charge in [-0.05, 0) is 32.9 Å². The molecular formula is C12H14Cl2N2O3. The molecule has 0 heterocycles. The standard InChI is InChI=1S/C12H14Cl2N2O3/c1-6(15-16-11(18)12(2,3)19)8-4-7(13)5-9(14)10(8)17/h4-5,17,19H,1-3H3,(H,16,18)/b15-6+. The van der Waals surface area contributed by atoms with E-state index in [1.807, 2.05) is 0 Å². The molecule has 0 saturated carbocycles. The minimum Gasteiger partial charge on any atom is -0.506 e. The minimum absolute atomic E-state index is 0.0888. The van der Waals surface area contributed by atoms with E-state index < -0.39 is 11.5 Å². The van der Waals surface area contributed by atoms with Crippen LogP contribution in [0.15, 0.2) is 17.2 Å². The fourth-order valence-corrected chi connectivity index (χ4v) is 1.67. The van der Waals surface area contributed by atoms with Crippen molar-refractivity contribution in [3.63, 3.8) is 0 Å². The quantitative estimate of drug-likeness (QED) is 0.592. The van der Waals surface area contributed by atoms with E-state index in [9.17, 15) is 15.0 Å². The van der Waals surface area contributed by atoms with Gasteiger partial charge in [0.1, 0.15) is 11.4 Å². The molecule has 0 saturated heterocycles. The van der Waals surface area contributed by atoms with Crippen LogP contribution in [0.1, 0.15) is 26.3 Å². The highest BCUT2D eigenvalue weighted by Crippen LogP contribution is 2.31. The van der Waals surface area contributed by atoms with Crippen molar-refractivity contribution >= 4 is 34.8 Å². The summed E-state index contributed by atoms with van der Waals surface area (Å²) in [6, 6.07) is 2.86. The molecule has 19 heavy (non-hydrogen) atoms. The lowest BCUT2D eigenvalue weighted by Crippen LogP contribution is -2.39. The Morgan fingerprint density at radius 1 is 1.37 bits per heavy atom. The maximum absolute atomic E-state index is 11.4. The van der Waals surface area contributed by atoms with Gasteiger partial charge < -0.3 is 10.2 Å². The number of halogens is 2. The van der Waals surface area contributed by atoms with Crippen molar-refractivity contribution in [1.82, 2.24) is 5.43 Å². The van der Waals surface area contributed by atoms with E-state index in [0.717, 1.165) is 0 Å². The number of benzene rings is 1. The van der Waals surface area contributed by atoms with Crippen LogP contribution in [0.3, 0.4) is 0 Å². The second kappa shape index (κ2) is 5.77. The molecule has 1 amide bonds. The van der Waals surface area contributed by atoms with Crippen molar-refractivity contribution < 1.29 is 15.0 Å². The van der Waals surface area contributed by atoms with Crippen LogP contribution in [-0.2, 0) is 4.79 Å². The number of aromatic hydroxyl groups is 1. The second-order valence-electron chi connectivity index (χ2n) is 4.48. The Bertz CT molecular complexity index is 537. The van der Waals surface area contributed by atoms with E-state index in [0.29, 0.717) is 16.3 Å². The van der Waals surface area contributed by atoms with Gasteiger partial charge in [0, 0.05) is 10.6 Å². The molecule has 0 radical (unpaired) electrons. The number of aliphatic hydroxyl groups is 1. The van der Waals surface area contributed by atoms with Gasteiger partial charge in [-0.1, -0.05) is 23.2 Å². The van der Waals surface area contributed by atoms with E-state index in [-0.39, 0.29) is 10.8 Å². The summed E-state index contributed by atoms with van der Waals surface area (Å²) in [7, 11) is 0. The van der Waals surface area contributed by atoms with E-state index in [4.69, 9.17) is 23.2 Å². The molecule has 104 valence electrons. The lowest BCUT2D eigenvalue weighted by atomic mass is 10.1. The van der Waals surface area contributed by atoms with Crippen molar-refractivity contribution in [2.75, 3.05) is 0 Å². The zero-order chi connectivity index (χ0) is 14.8. The summed E-state index contributed by atoms with van der Waals surface area (Å²) in [4.78, 5) is 11.4. The number of amides is 1. The normalized spacial score (nSPS) is 12.4. The number of hydrogen-bond acceptors (Lipinski definition) is 4. The molecule has 0 atom stereocenters. The first-order valence-electron chi connectivity index (χ1n) is 5.38. The van der Waals surface area contributed by atoms with Gasteiger partial charge in [0.25, 0.3) is 5.91 Å². The van der Waals surface area contributed by atoms with Gasteiger partial charge >= 0.3 is 0 Å². The number of hydrogen-bond donors (Lipinski definition) is 3. The highest BCUT2D eigenvalue weighted by atomic mass is 35.5. The molecule has 0 bridgehead atoms. The monoisotopic (exact) mass is 304 g/mol. The molecule has 0 spiro atoms. The van der Waals surface area contributed by atoms with Crippen LogP contribution in [0.5, 0.6) is 5.75 Å². The zero-order valence-electron chi connectivity index (χ0n) is 10.7. The van der Waals surface area contributed by atoms with Gasteiger partial charge in [-0.25, -0.2) is 5.43 Å². The van der Waals surface area contributed by atoms with Crippen LogP contribution in [0.2, 0.25) is 10.0 Å². The maximum Gasteiger partial charge on any atom is 0.271 e. The molecule has 1 aromatic rings. The SMILES string of the molecule is C/C(=N\NC(=O)C(C)(C)O)c1cc(Cl)cc(Cl)c1O. The largest absolute Gasteiger partial charge is 0.506 e. The Morgan fingerprint density at radius 3 is 2.47 bits per heavy atom. The summed E-state index contributed by atoms with van der Waals surface area (Å²) < 4.78 is 0. The molecular weight excluding hydrogens is 291 g/mol. The fraction of sp³-hybridized carbons (Fsp3) is 0.333. The molecule has 5 nitrogen and oxygen atoms in total. The van der Waals surface area contributed by atoms with Crippen molar-refractivity contribution in [3.8, 4) is 5.75 Å². The molecule has 0 aromatic heterocycles.